The fraction of sp³-hybridized carbons (Fsp3) is 0. The van der Waals surface area contributed by atoms with Gasteiger partial charge >= 0.3 is 19.8 Å². The fourth-order valence-electron chi connectivity index (χ4n) is 0.730. The van der Waals surface area contributed by atoms with Crippen LogP contribution in [0.4, 0.5) is 5.69 Å². The summed E-state index contributed by atoms with van der Waals surface area (Å²) in [7, 11) is 0. The summed E-state index contributed by atoms with van der Waals surface area (Å²) in [5.74, 6) is 0. The number of nitro groups is 1. The maximum Gasteiger partial charge on any atom is 0.347 e. The Hall–Kier alpha value is -1.05. The first kappa shape index (κ1) is 9.04. The Labute approximate surface area is 74.7 Å². The van der Waals surface area contributed by atoms with Crippen molar-refractivity contribution in [2.75, 3.05) is 0 Å². The van der Waals surface area contributed by atoms with Crippen molar-refractivity contribution in [3.8, 4) is 0 Å². The van der Waals surface area contributed by atoms with Crippen LogP contribution in [0.5, 0.6) is 0 Å². The van der Waals surface area contributed by atoms with Crippen molar-refractivity contribution in [1.29, 1.82) is 0 Å². The van der Waals surface area contributed by atoms with Crippen molar-refractivity contribution in [3.63, 3.8) is 0 Å². The van der Waals surface area contributed by atoms with Crippen LogP contribution in [0.15, 0.2) is 24.3 Å². The number of halogens is 1. The molecule has 0 aliphatic rings. The first-order valence-electron chi connectivity index (χ1n) is 2.91. The van der Waals surface area contributed by atoms with E-state index in [4.69, 9.17) is 0 Å². The van der Waals surface area contributed by atoms with Gasteiger partial charge in [0.1, 0.15) is 0 Å². The number of rotatable bonds is 2. The zero-order valence-corrected chi connectivity index (χ0v) is 7.93. The molecule has 0 N–H and O–H groups in total. The predicted octanol–water partition coefficient (Wildman–Crippen LogP) is 1.96. The number of benzene rings is 1. The second-order valence-corrected chi connectivity index (χ2v) is 4.33. The van der Waals surface area contributed by atoms with Crippen molar-refractivity contribution < 1.29 is 11.1 Å². The highest BCUT2D eigenvalue weighted by molar-refractivity contribution is 14.2. The van der Waals surface area contributed by atoms with Crippen molar-refractivity contribution in [2.24, 2.45) is 0 Å². The van der Waals surface area contributed by atoms with Gasteiger partial charge in [0.25, 0.3) is 5.69 Å². The topological polar surface area (TPSA) is 77.3 Å². The highest BCUT2D eigenvalue weighted by Gasteiger charge is 2.15. The number of para-hydroxylation sites is 1. The first-order chi connectivity index (χ1) is 5.63. The fourth-order valence-corrected chi connectivity index (χ4v) is 2.06. The van der Waals surface area contributed by atoms with Crippen LogP contribution < -0.4 is 0 Å². The number of nitro benzene ring substituents is 1. The van der Waals surface area contributed by atoms with E-state index >= 15 is 0 Å². The molecule has 0 saturated heterocycles. The van der Waals surface area contributed by atoms with E-state index in [9.17, 15) is 16.3 Å². The molecule has 0 saturated carbocycles. The molecular weight excluding hydrogens is 277 g/mol. The molecule has 6 heteroatoms. The average molecular weight is 281 g/mol. The van der Waals surface area contributed by atoms with E-state index in [2.05, 4.69) is 0 Å². The number of nitrogens with zero attached hydrogens (tertiary/aromatic N) is 1. The third-order valence-electron chi connectivity index (χ3n) is 1.22. The molecule has 1 aromatic carbocycles. The molecule has 0 aliphatic heterocycles. The van der Waals surface area contributed by atoms with Gasteiger partial charge in [-0.25, -0.2) is 6.14 Å². The predicted molar refractivity (Wildman–Crippen MR) is 47.2 cm³/mol. The third-order valence-corrected chi connectivity index (χ3v) is 3.08. The second-order valence-electron chi connectivity index (χ2n) is 1.93. The SMILES string of the molecule is O=[N+]([O-])c1ccccc1I(=O)=O. The lowest BCUT2D eigenvalue weighted by atomic mass is 10.3. The van der Waals surface area contributed by atoms with Gasteiger partial charge in [0, 0.05) is 6.07 Å². The highest BCUT2D eigenvalue weighted by atomic mass is 127. The van der Waals surface area contributed by atoms with E-state index in [0.29, 0.717) is 0 Å². The summed E-state index contributed by atoms with van der Waals surface area (Å²) < 4.78 is 20.9. The summed E-state index contributed by atoms with van der Waals surface area (Å²) in [4.78, 5) is 9.58. The van der Waals surface area contributed by atoms with Gasteiger partial charge in [-0.05, 0) is 6.07 Å². The molecule has 12 heavy (non-hydrogen) atoms. The highest BCUT2D eigenvalue weighted by Crippen LogP contribution is 2.26. The molecule has 0 aliphatic carbocycles. The Balaban J connectivity index is 3.36. The summed E-state index contributed by atoms with van der Waals surface area (Å²) >= 11 is -3.73. The molecule has 0 spiro atoms. The molecule has 5 nitrogen and oxygen atoms in total. The lowest BCUT2D eigenvalue weighted by molar-refractivity contribution is -0.385. The summed E-state index contributed by atoms with van der Waals surface area (Å²) in [5, 5.41) is 10.3. The smallest absolute Gasteiger partial charge is 0.258 e. The quantitative estimate of drug-likeness (QED) is 0.471. The van der Waals surface area contributed by atoms with Gasteiger partial charge in [0.05, 0.1) is 4.92 Å². The summed E-state index contributed by atoms with van der Waals surface area (Å²) in [6, 6.07) is 5.31. The number of hydrogen-bond donors (Lipinski definition) is 0. The van der Waals surface area contributed by atoms with Crippen LogP contribution in [0, 0.1) is 13.7 Å². The van der Waals surface area contributed by atoms with Crippen LogP contribution >= 0.6 is 19.8 Å². The van der Waals surface area contributed by atoms with Gasteiger partial charge in [-0.15, -0.1) is 0 Å². The zero-order valence-electron chi connectivity index (χ0n) is 5.77. The Morgan fingerprint density at radius 2 is 1.83 bits per heavy atom. The minimum Gasteiger partial charge on any atom is -0.258 e. The van der Waals surface area contributed by atoms with Gasteiger partial charge in [-0.2, -0.15) is 0 Å². The summed E-state index contributed by atoms with van der Waals surface area (Å²) in [5.41, 5.74) is -0.340. The molecule has 0 fully saturated rings. The van der Waals surface area contributed by atoms with Crippen molar-refractivity contribution in [2.45, 2.75) is 0 Å². The van der Waals surface area contributed by atoms with Crippen LogP contribution in [0.3, 0.4) is 0 Å². The molecule has 0 amide bonds. The van der Waals surface area contributed by atoms with Crippen LogP contribution in [0.25, 0.3) is 0 Å². The van der Waals surface area contributed by atoms with Gasteiger partial charge < -0.3 is 0 Å². The average Bonchev–Trinajstić information content (AvgIpc) is 2.04. The molecule has 1 rings (SSSR count). The molecular formula is C6H4INO4. The van der Waals surface area contributed by atoms with Crippen molar-refractivity contribution in [1.82, 2.24) is 0 Å². The molecule has 0 heterocycles. The maximum atomic E-state index is 10.6. The molecule has 0 unspecified atom stereocenters. The molecule has 1 aromatic rings. The molecule has 0 aromatic heterocycles. The standard InChI is InChI=1S/C6H4INO4/c9-7(10)5-3-1-2-4-6(5)8(11)12/h1-4H. The van der Waals surface area contributed by atoms with Crippen LogP contribution in [0.2, 0.25) is 0 Å². The van der Waals surface area contributed by atoms with E-state index in [1.165, 1.54) is 24.3 Å². The van der Waals surface area contributed by atoms with E-state index in [1.54, 1.807) is 0 Å². The lowest BCUT2D eigenvalue weighted by Gasteiger charge is -1.91. The van der Waals surface area contributed by atoms with E-state index in [1.807, 2.05) is 0 Å². The Bertz CT molecular complexity index is 377. The van der Waals surface area contributed by atoms with Crippen molar-refractivity contribution in [3.05, 3.63) is 37.9 Å². The van der Waals surface area contributed by atoms with Crippen LogP contribution in [-0.4, -0.2) is 4.92 Å². The minimum absolute atomic E-state index is 0.160. The largest absolute Gasteiger partial charge is 0.347 e. The molecule has 64 valence electrons. The van der Waals surface area contributed by atoms with Crippen molar-refractivity contribution >= 4 is 25.5 Å². The Morgan fingerprint density at radius 1 is 1.25 bits per heavy atom. The second kappa shape index (κ2) is 3.57. The third kappa shape index (κ3) is 1.76. The maximum absolute atomic E-state index is 10.6. The van der Waals surface area contributed by atoms with Gasteiger partial charge in [0.2, 0.25) is 0 Å². The van der Waals surface area contributed by atoms with E-state index in [-0.39, 0.29) is 9.26 Å². The molecule has 0 bridgehead atoms. The Kier molecular flexibility index (Phi) is 2.69. The normalized spacial score (nSPS) is 10.1. The van der Waals surface area contributed by atoms with E-state index in [0.717, 1.165) is 0 Å². The van der Waals surface area contributed by atoms with Gasteiger partial charge in [-0.1, -0.05) is 12.1 Å². The van der Waals surface area contributed by atoms with Gasteiger partial charge in [0.15, 0.2) is 3.57 Å². The summed E-state index contributed by atoms with van der Waals surface area (Å²) in [6.07, 6.45) is 0. The minimum atomic E-state index is -3.73. The summed E-state index contributed by atoms with van der Waals surface area (Å²) in [6.45, 7) is 0. The molecule has 0 atom stereocenters. The van der Waals surface area contributed by atoms with Crippen LogP contribution in [0.1, 0.15) is 0 Å². The Morgan fingerprint density at radius 3 is 2.25 bits per heavy atom. The van der Waals surface area contributed by atoms with Gasteiger partial charge in [-0.3, -0.25) is 10.1 Å². The van der Waals surface area contributed by atoms with E-state index < -0.39 is 24.7 Å². The van der Waals surface area contributed by atoms with Crippen LogP contribution in [-0.2, 0) is 6.14 Å². The number of hydrogen-bond acceptors (Lipinski definition) is 4. The lowest BCUT2D eigenvalue weighted by Crippen LogP contribution is -1.90. The monoisotopic (exact) mass is 281 g/mol. The first-order valence-corrected chi connectivity index (χ1v) is 5.75. The molecule has 0 radical (unpaired) electrons. The zero-order chi connectivity index (χ0) is 9.14.